The largest absolute Gasteiger partial charge is 0.475 e. The summed E-state index contributed by atoms with van der Waals surface area (Å²) in [7, 11) is 0. The van der Waals surface area contributed by atoms with E-state index in [4.69, 9.17) is 16.3 Å². The molecule has 0 amide bonds. The molecule has 0 atom stereocenters. The Hall–Kier alpha value is -1.55. The van der Waals surface area contributed by atoms with Crippen LogP contribution in [-0.4, -0.2) is 13.0 Å². The second kappa shape index (κ2) is 4.14. The first-order valence-corrected chi connectivity index (χ1v) is 5.03. The molecule has 2 rings (SSSR count). The molecule has 0 unspecified atom stereocenters. The third-order valence-corrected chi connectivity index (χ3v) is 2.69. The van der Waals surface area contributed by atoms with Gasteiger partial charge in [-0.2, -0.15) is 0 Å². The van der Waals surface area contributed by atoms with Crippen molar-refractivity contribution >= 4 is 23.6 Å². The van der Waals surface area contributed by atoms with Crippen molar-refractivity contribution in [2.75, 3.05) is 11.6 Å². The maximum atomic E-state index is 13.6. The second-order valence-electron chi connectivity index (χ2n) is 3.33. The number of rotatable bonds is 2. The predicted octanol–water partition coefficient (Wildman–Crippen LogP) is 2.70. The van der Waals surface area contributed by atoms with Crippen LogP contribution in [0.1, 0.15) is 6.92 Å². The van der Waals surface area contributed by atoms with E-state index in [9.17, 15) is 9.18 Å². The summed E-state index contributed by atoms with van der Waals surface area (Å²) in [5, 5.41) is 0.248. The van der Waals surface area contributed by atoms with E-state index < -0.39 is 5.82 Å². The highest BCUT2D eigenvalue weighted by molar-refractivity contribution is 6.33. The zero-order chi connectivity index (χ0) is 11.7. The molecule has 3 nitrogen and oxygen atoms in total. The summed E-state index contributed by atoms with van der Waals surface area (Å²) in [5.41, 5.74) is 0.468. The molecule has 0 aliphatic carbocycles. The third-order valence-electron chi connectivity index (χ3n) is 2.38. The molecule has 0 aromatic heterocycles. The van der Waals surface area contributed by atoms with Gasteiger partial charge in [0.25, 0.3) is 0 Å². The Morgan fingerprint density at radius 2 is 2.31 bits per heavy atom. The summed E-state index contributed by atoms with van der Waals surface area (Å²) in [6.45, 7) is 1.75. The molecule has 0 radical (unpaired) electrons. The number of hydrogen-bond donors (Lipinski definition) is 0. The quantitative estimate of drug-likeness (QED) is 0.746. The number of para-hydroxylation sites is 1. The molecule has 84 valence electrons. The Labute approximate surface area is 97.1 Å². The molecule has 0 bridgehead atoms. The lowest BCUT2D eigenvalue weighted by atomic mass is 10.2. The van der Waals surface area contributed by atoms with Crippen LogP contribution in [0.3, 0.4) is 0 Å². The van der Waals surface area contributed by atoms with Crippen LogP contribution < -0.4 is 4.90 Å². The van der Waals surface area contributed by atoms with E-state index in [0.717, 1.165) is 0 Å². The topological polar surface area (TPSA) is 29.5 Å². The maximum absolute atomic E-state index is 13.6. The maximum Gasteiger partial charge on any atom is 0.170 e. The number of allylic oxidation sites excluding steroid dienone is 2. The summed E-state index contributed by atoms with van der Waals surface area (Å²) >= 11 is 5.90. The fraction of sp³-hybridized carbons (Fsp3) is 0.182. The van der Waals surface area contributed by atoms with E-state index in [1.807, 2.05) is 0 Å². The SMILES string of the molecule is CC1=C(C=O)N(c2c(F)cccc2Cl)CO1. The number of halogens is 2. The van der Waals surface area contributed by atoms with Crippen LogP contribution in [0, 0.1) is 5.82 Å². The van der Waals surface area contributed by atoms with E-state index in [1.54, 1.807) is 13.0 Å². The van der Waals surface area contributed by atoms with Gasteiger partial charge >= 0.3 is 0 Å². The minimum absolute atomic E-state index is 0.0978. The summed E-state index contributed by atoms with van der Waals surface area (Å²) in [6.07, 6.45) is 0.630. The smallest absolute Gasteiger partial charge is 0.170 e. The zero-order valence-corrected chi connectivity index (χ0v) is 9.29. The van der Waals surface area contributed by atoms with Crippen molar-refractivity contribution in [3.63, 3.8) is 0 Å². The first-order valence-electron chi connectivity index (χ1n) is 4.65. The number of ether oxygens (including phenoxy) is 1. The van der Waals surface area contributed by atoms with Crippen LogP contribution in [0.4, 0.5) is 10.1 Å². The van der Waals surface area contributed by atoms with Crippen LogP contribution in [0.25, 0.3) is 0 Å². The number of aldehydes is 1. The Bertz CT molecular complexity index is 453. The van der Waals surface area contributed by atoms with Gasteiger partial charge in [-0.25, -0.2) is 4.39 Å². The summed E-state index contributed by atoms with van der Waals surface area (Å²) in [6, 6.07) is 4.36. The van der Waals surface area contributed by atoms with E-state index in [1.165, 1.54) is 17.0 Å². The molecule has 5 heteroatoms. The standard InChI is InChI=1S/C11H9ClFNO2/c1-7-10(5-15)14(6-16-7)11-8(12)3-2-4-9(11)13/h2-5H,6H2,1H3. The van der Waals surface area contributed by atoms with Crippen LogP contribution >= 0.6 is 11.6 Å². The highest BCUT2D eigenvalue weighted by Gasteiger charge is 2.26. The number of nitrogens with zero attached hydrogens (tertiary/aromatic N) is 1. The van der Waals surface area contributed by atoms with Crippen molar-refractivity contribution < 1.29 is 13.9 Å². The molecule has 1 aliphatic heterocycles. The first-order chi connectivity index (χ1) is 7.65. The zero-order valence-electron chi connectivity index (χ0n) is 8.54. The fourth-order valence-electron chi connectivity index (χ4n) is 1.57. The van der Waals surface area contributed by atoms with Crippen LogP contribution in [0.2, 0.25) is 5.02 Å². The summed E-state index contributed by atoms with van der Waals surface area (Å²) in [4.78, 5) is 12.3. The lowest BCUT2D eigenvalue weighted by molar-refractivity contribution is -0.105. The Morgan fingerprint density at radius 1 is 1.56 bits per heavy atom. The molecular formula is C11H9ClFNO2. The average Bonchev–Trinajstić information content (AvgIpc) is 2.59. The Balaban J connectivity index is 2.50. The van der Waals surface area contributed by atoms with Gasteiger partial charge in [-0.1, -0.05) is 17.7 Å². The third kappa shape index (κ3) is 1.65. The number of benzene rings is 1. The van der Waals surface area contributed by atoms with E-state index in [2.05, 4.69) is 0 Å². The molecule has 1 aliphatic rings. The number of carbonyl (C=O) groups is 1. The van der Waals surface area contributed by atoms with Crippen molar-refractivity contribution in [1.82, 2.24) is 0 Å². The predicted molar refractivity (Wildman–Crippen MR) is 58.6 cm³/mol. The van der Waals surface area contributed by atoms with Gasteiger partial charge < -0.3 is 4.74 Å². The van der Waals surface area contributed by atoms with E-state index >= 15 is 0 Å². The Morgan fingerprint density at radius 3 is 2.94 bits per heavy atom. The van der Waals surface area contributed by atoms with Gasteiger partial charge in [0, 0.05) is 0 Å². The fourth-order valence-corrected chi connectivity index (χ4v) is 1.84. The summed E-state index contributed by atoms with van der Waals surface area (Å²) in [5.74, 6) is -0.0144. The minimum atomic E-state index is -0.481. The van der Waals surface area contributed by atoms with Crippen molar-refractivity contribution in [3.8, 4) is 0 Å². The number of anilines is 1. The van der Waals surface area contributed by atoms with E-state index in [-0.39, 0.29) is 17.4 Å². The van der Waals surface area contributed by atoms with Gasteiger partial charge in [0.05, 0.1) is 10.7 Å². The average molecular weight is 242 g/mol. The van der Waals surface area contributed by atoms with Gasteiger partial charge in [-0.05, 0) is 19.1 Å². The lowest BCUT2D eigenvalue weighted by Crippen LogP contribution is -2.21. The van der Waals surface area contributed by atoms with Gasteiger partial charge in [0.1, 0.15) is 17.3 Å². The second-order valence-corrected chi connectivity index (χ2v) is 3.74. The monoisotopic (exact) mass is 241 g/mol. The molecule has 1 aromatic rings. The molecule has 1 heterocycles. The molecule has 16 heavy (non-hydrogen) atoms. The highest BCUT2D eigenvalue weighted by atomic mass is 35.5. The molecule has 0 spiro atoms. The minimum Gasteiger partial charge on any atom is -0.475 e. The molecule has 1 aromatic carbocycles. The van der Waals surface area contributed by atoms with Gasteiger partial charge in [-0.15, -0.1) is 0 Å². The van der Waals surface area contributed by atoms with E-state index in [0.29, 0.717) is 17.7 Å². The molecule has 0 saturated heterocycles. The first kappa shape index (κ1) is 11.0. The van der Waals surface area contributed by atoms with Crippen LogP contribution in [-0.2, 0) is 9.53 Å². The van der Waals surface area contributed by atoms with Crippen molar-refractivity contribution in [2.45, 2.75) is 6.92 Å². The molecule has 0 N–H and O–H groups in total. The van der Waals surface area contributed by atoms with Crippen LogP contribution in [0.5, 0.6) is 0 Å². The molecular weight excluding hydrogens is 233 g/mol. The van der Waals surface area contributed by atoms with Crippen LogP contribution in [0.15, 0.2) is 29.7 Å². The summed E-state index contributed by atoms with van der Waals surface area (Å²) < 4.78 is 18.8. The van der Waals surface area contributed by atoms with Crippen molar-refractivity contribution in [3.05, 3.63) is 40.5 Å². The van der Waals surface area contributed by atoms with Gasteiger partial charge in [0.2, 0.25) is 0 Å². The molecule has 0 saturated carbocycles. The number of carbonyl (C=O) groups excluding carboxylic acids is 1. The normalized spacial score (nSPS) is 15.3. The number of hydrogen-bond acceptors (Lipinski definition) is 3. The van der Waals surface area contributed by atoms with Crippen molar-refractivity contribution in [2.24, 2.45) is 0 Å². The highest BCUT2D eigenvalue weighted by Crippen LogP contribution is 2.34. The lowest BCUT2D eigenvalue weighted by Gasteiger charge is -2.18. The Kier molecular flexibility index (Phi) is 2.83. The van der Waals surface area contributed by atoms with Gasteiger partial charge in [0.15, 0.2) is 13.0 Å². The molecule has 0 fully saturated rings. The van der Waals surface area contributed by atoms with Crippen molar-refractivity contribution in [1.29, 1.82) is 0 Å². The van der Waals surface area contributed by atoms with Gasteiger partial charge in [-0.3, -0.25) is 9.69 Å².